The lowest BCUT2D eigenvalue weighted by atomic mass is 10.2. The number of nitrogens with zero attached hydrogens (tertiary/aromatic N) is 4. The topological polar surface area (TPSA) is 53.5 Å². The number of morpholine rings is 1. The highest BCUT2D eigenvalue weighted by Crippen LogP contribution is 2.29. The molecule has 0 radical (unpaired) electrons. The van der Waals surface area contributed by atoms with Gasteiger partial charge in [-0.15, -0.1) is 0 Å². The monoisotopic (exact) mass is 361 g/mol. The predicted molar refractivity (Wildman–Crippen MR) is 109 cm³/mol. The van der Waals surface area contributed by atoms with E-state index >= 15 is 0 Å². The summed E-state index contributed by atoms with van der Waals surface area (Å²) in [5, 5.41) is 3.46. The second-order valence-corrected chi connectivity index (χ2v) is 6.38. The van der Waals surface area contributed by atoms with Gasteiger partial charge in [0, 0.05) is 32.0 Å². The molecular formula is C21H23N5O. The number of hydrogen-bond donors (Lipinski definition) is 1. The Morgan fingerprint density at radius 2 is 1.70 bits per heavy atom. The lowest BCUT2D eigenvalue weighted by molar-refractivity contribution is 0.123. The first-order valence-corrected chi connectivity index (χ1v) is 9.12. The molecule has 1 aliphatic heterocycles. The molecule has 27 heavy (non-hydrogen) atoms. The molecule has 0 spiro atoms. The number of aromatic nitrogens is 2. The maximum absolute atomic E-state index is 5.48. The maximum Gasteiger partial charge on any atom is 0.231 e. The number of para-hydroxylation sites is 3. The van der Waals surface area contributed by atoms with Crippen LogP contribution in [0.15, 0.2) is 66.9 Å². The number of ether oxygens (including phenoxy) is 1. The van der Waals surface area contributed by atoms with Crippen molar-refractivity contribution in [3.05, 3.63) is 66.9 Å². The van der Waals surface area contributed by atoms with Gasteiger partial charge in [-0.2, -0.15) is 4.98 Å². The van der Waals surface area contributed by atoms with Crippen LogP contribution in [0, 0.1) is 0 Å². The van der Waals surface area contributed by atoms with E-state index in [4.69, 9.17) is 9.72 Å². The molecule has 3 aromatic rings. The van der Waals surface area contributed by atoms with Gasteiger partial charge in [0.05, 0.1) is 24.6 Å². The Hall–Kier alpha value is -3.12. The first-order valence-electron chi connectivity index (χ1n) is 9.12. The zero-order chi connectivity index (χ0) is 18.5. The maximum atomic E-state index is 5.48. The summed E-state index contributed by atoms with van der Waals surface area (Å²) in [7, 11) is 1.97. The van der Waals surface area contributed by atoms with Crippen LogP contribution in [0.25, 0.3) is 0 Å². The van der Waals surface area contributed by atoms with Crippen molar-refractivity contribution in [2.24, 2.45) is 0 Å². The highest BCUT2D eigenvalue weighted by atomic mass is 16.5. The molecule has 0 amide bonds. The second kappa shape index (κ2) is 8.05. The predicted octanol–water partition coefficient (Wildman–Crippen LogP) is 3.82. The normalized spacial score (nSPS) is 14.0. The molecule has 6 nitrogen and oxygen atoms in total. The van der Waals surface area contributed by atoms with Gasteiger partial charge >= 0.3 is 0 Å². The van der Waals surface area contributed by atoms with Crippen molar-refractivity contribution in [2.75, 3.05) is 48.5 Å². The summed E-state index contributed by atoms with van der Waals surface area (Å²) in [4.78, 5) is 13.4. The number of hydrogen-bond acceptors (Lipinski definition) is 6. The highest BCUT2D eigenvalue weighted by Gasteiger charge is 2.15. The molecule has 0 aliphatic carbocycles. The minimum Gasteiger partial charge on any atom is -0.378 e. The number of benzene rings is 2. The van der Waals surface area contributed by atoms with E-state index in [0.717, 1.165) is 49.2 Å². The van der Waals surface area contributed by atoms with Gasteiger partial charge in [0.15, 0.2) is 0 Å². The Morgan fingerprint density at radius 1 is 0.963 bits per heavy atom. The Morgan fingerprint density at radius 3 is 2.52 bits per heavy atom. The van der Waals surface area contributed by atoms with Gasteiger partial charge in [-0.1, -0.05) is 30.3 Å². The van der Waals surface area contributed by atoms with Crippen molar-refractivity contribution < 1.29 is 4.74 Å². The molecule has 138 valence electrons. The third-order valence-corrected chi connectivity index (χ3v) is 4.60. The van der Waals surface area contributed by atoms with Crippen molar-refractivity contribution in [1.82, 2.24) is 9.97 Å². The summed E-state index contributed by atoms with van der Waals surface area (Å²) in [6, 6.07) is 20.3. The third kappa shape index (κ3) is 4.01. The molecular weight excluding hydrogens is 338 g/mol. The first kappa shape index (κ1) is 17.3. The van der Waals surface area contributed by atoms with E-state index < -0.39 is 0 Å². The average Bonchev–Trinajstić information content (AvgIpc) is 2.75. The van der Waals surface area contributed by atoms with Gasteiger partial charge in [0.2, 0.25) is 5.95 Å². The van der Waals surface area contributed by atoms with Gasteiger partial charge in [-0.25, -0.2) is 4.98 Å². The lowest BCUT2D eigenvalue weighted by Gasteiger charge is -2.30. The van der Waals surface area contributed by atoms with Gasteiger partial charge in [0.1, 0.15) is 5.82 Å². The molecule has 2 heterocycles. The average molecular weight is 361 g/mol. The summed E-state index contributed by atoms with van der Waals surface area (Å²) in [6.07, 6.45) is 1.78. The Labute approximate surface area is 159 Å². The van der Waals surface area contributed by atoms with Crippen LogP contribution >= 0.6 is 0 Å². The quantitative estimate of drug-likeness (QED) is 0.745. The van der Waals surface area contributed by atoms with Gasteiger partial charge in [-0.05, 0) is 30.3 Å². The van der Waals surface area contributed by atoms with Gasteiger partial charge in [-0.3, -0.25) is 0 Å². The Kier molecular flexibility index (Phi) is 5.16. The van der Waals surface area contributed by atoms with Crippen LogP contribution in [0.3, 0.4) is 0 Å². The number of rotatable bonds is 5. The largest absolute Gasteiger partial charge is 0.378 e. The third-order valence-electron chi connectivity index (χ3n) is 4.60. The highest BCUT2D eigenvalue weighted by molar-refractivity contribution is 5.74. The molecule has 2 aromatic carbocycles. The van der Waals surface area contributed by atoms with Crippen LogP contribution in [-0.4, -0.2) is 43.3 Å². The summed E-state index contributed by atoms with van der Waals surface area (Å²) in [6.45, 7) is 3.30. The Bertz CT molecular complexity index is 881. The minimum atomic E-state index is 0.648. The van der Waals surface area contributed by atoms with Crippen LogP contribution in [0.1, 0.15) is 0 Å². The van der Waals surface area contributed by atoms with E-state index in [1.54, 1.807) is 6.20 Å². The van der Waals surface area contributed by atoms with E-state index in [1.807, 2.05) is 54.4 Å². The van der Waals surface area contributed by atoms with Crippen LogP contribution < -0.4 is 15.1 Å². The Balaban J connectivity index is 1.57. The smallest absolute Gasteiger partial charge is 0.231 e. The molecule has 1 N–H and O–H groups in total. The molecule has 4 rings (SSSR count). The van der Waals surface area contributed by atoms with E-state index in [0.29, 0.717) is 5.95 Å². The molecule has 6 heteroatoms. The summed E-state index contributed by atoms with van der Waals surface area (Å²) >= 11 is 0. The van der Waals surface area contributed by atoms with E-state index in [1.165, 1.54) is 0 Å². The summed E-state index contributed by atoms with van der Waals surface area (Å²) < 4.78 is 5.48. The van der Waals surface area contributed by atoms with Crippen LogP contribution in [0.2, 0.25) is 0 Å². The van der Waals surface area contributed by atoms with Crippen LogP contribution in [0.5, 0.6) is 0 Å². The number of anilines is 5. The van der Waals surface area contributed by atoms with Gasteiger partial charge < -0.3 is 19.9 Å². The lowest BCUT2D eigenvalue weighted by Crippen LogP contribution is -2.36. The zero-order valence-corrected chi connectivity index (χ0v) is 15.4. The van der Waals surface area contributed by atoms with E-state index in [9.17, 15) is 0 Å². The SMILES string of the molecule is CN(c1ccccc1)c1nccc(Nc2ccccc2N2CCOCC2)n1. The summed E-state index contributed by atoms with van der Waals surface area (Å²) in [5.74, 6) is 1.42. The molecule has 1 aromatic heterocycles. The molecule has 1 saturated heterocycles. The molecule has 0 unspecified atom stereocenters. The fourth-order valence-corrected chi connectivity index (χ4v) is 3.14. The van der Waals surface area contributed by atoms with Crippen LogP contribution in [-0.2, 0) is 4.74 Å². The van der Waals surface area contributed by atoms with Crippen LogP contribution in [0.4, 0.5) is 28.8 Å². The number of nitrogens with one attached hydrogen (secondary N) is 1. The fraction of sp³-hybridized carbons (Fsp3) is 0.238. The van der Waals surface area contributed by atoms with Crippen molar-refractivity contribution in [3.63, 3.8) is 0 Å². The fourth-order valence-electron chi connectivity index (χ4n) is 3.14. The van der Waals surface area contributed by atoms with Crippen molar-refractivity contribution >= 4 is 28.8 Å². The molecule has 0 saturated carbocycles. The second-order valence-electron chi connectivity index (χ2n) is 6.38. The van der Waals surface area contributed by atoms with Crippen molar-refractivity contribution in [2.45, 2.75) is 0 Å². The zero-order valence-electron chi connectivity index (χ0n) is 15.4. The van der Waals surface area contributed by atoms with Gasteiger partial charge in [0.25, 0.3) is 0 Å². The molecule has 1 fully saturated rings. The first-order chi connectivity index (χ1) is 13.3. The molecule has 0 atom stereocenters. The van der Waals surface area contributed by atoms with E-state index in [-0.39, 0.29) is 0 Å². The van der Waals surface area contributed by atoms with Crippen molar-refractivity contribution in [1.29, 1.82) is 0 Å². The molecule has 1 aliphatic rings. The van der Waals surface area contributed by atoms with E-state index in [2.05, 4.69) is 33.4 Å². The van der Waals surface area contributed by atoms with Crippen molar-refractivity contribution in [3.8, 4) is 0 Å². The summed E-state index contributed by atoms with van der Waals surface area (Å²) in [5.41, 5.74) is 3.24. The minimum absolute atomic E-state index is 0.648. The standard InChI is InChI=1S/C21H23N5O/c1-25(17-7-3-2-4-8-17)21-22-12-11-20(24-21)23-18-9-5-6-10-19(18)26-13-15-27-16-14-26/h2-12H,13-16H2,1H3,(H,22,23,24). The molecule has 0 bridgehead atoms.